The minimum Gasteiger partial charge on any atom is -0.497 e. The van der Waals surface area contributed by atoms with Crippen LogP contribution in [0.2, 0.25) is 0 Å². The molecule has 1 aliphatic rings. The fourth-order valence-electron chi connectivity index (χ4n) is 3.92. The number of thiophene rings is 1. The largest absolute Gasteiger partial charge is 0.497 e. The molecule has 0 saturated carbocycles. The highest BCUT2D eigenvalue weighted by molar-refractivity contribution is 7.18. The van der Waals surface area contributed by atoms with E-state index in [0.717, 1.165) is 20.8 Å². The van der Waals surface area contributed by atoms with E-state index in [2.05, 4.69) is 4.98 Å². The summed E-state index contributed by atoms with van der Waals surface area (Å²) in [5, 5.41) is 0.671. The summed E-state index contributed by atoms with van der Waals surface area (Å²) < 4.78 is 17.8. The molecule has 1 amide bonds. The van der Waals surface area contributed by atoms with Gasteiger partial charge in [0.2, 0.25) is 0 Å². The third kappa shape index (κ3) is 4.98. The zero-order chi connectivity index (χ0) is 23.8. The van der Waals surface area contributed by atoms with Gasteiger partial charge >= 0.3 is 6.09 Å². The molecule has 0 N–H and O–H groups in total. The van der Waals surface area contributed by atoms with Crippen molar-refractivity contribution in [2.45, 2.75) is 52.3 Å². The Morgan fingerprint density at radius 3 is 2.48 bits per heavy atom. The highest BCUT2D eigenvalue weighted by atomic mass is 32.1. The molecule has 0 saturated heterocycles. The monoisotopic (exact) mass is 471 g/mol. The lowest BCUT2D eigenvalue weighted by atomic mass is 10.1. The second-order valence-corrected chi connectivity index (χ2v) is 10.1. The van der Waals surface area contributed by atoms with Crippen molar-refractivity contribution in [2.24, 2.45) is 0 Å². The first-order chi connectivity index (χ1) is 15.7. The van der Waals surface area contributed by atoms with Gasteiger partial charge in [0, 0.05) is 24.0 Å². The fourth-order valence-corrected chi connectivity index (χ4v) is 5.11. The van der Waals surface area contributed by atoms with Crippen LogP contribution in [0.15, 0.2) is 29.3 Å². The molecule has 4 rings (SSSR count). The van der Waals surface area contributed by atoms with Crippen LogP contribution in [0.4, 0.5) is 4.79 Å². The van der Waals surface area contributed by atoms with Gasteiger partial charge in [-0.15, -0.1) is 11.3 Å². The van der Waals surface area contributed by atoms with E-state index in [1.54, 1.807) is 30.0 Å². The van der Waals surface area contributed by atoms with Gasteiger partial charge in [-0.2, -0.15) is 0 Å². The van der Waals surface area contributed by atoms with Crippen LogP contribution < -0.4 is 15.0 Å². The SMILES string of the molecule is COc1cc(CCn2cnc3sc4c(c3c2=O)CCN(C(=O)OC(C)(C)C)C4)cc(OC)c1. The van der Waals surface area contributed by atoms with Crippen LogP contribution in [0.3, 0.4) is 0 Å². The molecule has 0 atom stereocenters. The summed E-state index contributed by atoms with van der Waals surface area (Å²) in [6.45, 7) is 7.02. The molecule has 0 aliphatic carbocycles. The summed E-state index contributed by atoms with van der Waals surface area (Å²) in [5.74, 6) is 1.43. The summed E-state index contributed by atoms with van der Waals surface area (Å²) in [7, 11) is 3.23. The first kappa shape index (κ1) is 23.1. The van der Waals surface area contributed by atoms with Crippen LogP contribution in [0, 0.1) is 0 Å². The molecule has 0 bridgehead atoms. The fraction of sp³-hybridized carbons (Fsp3) is 0.458. The number of aromatic nitrogens is 2. The average Bonchev–Trinajstić information content (AvgIpc) is 3.15. The number of rotatable bonds is 5. The Morgan fingerprint density at radius 1 is 1.15 bits per heavy atom. The molecule has 2 aromatic heterocycles. The van der Waals surface area contributed by atoms with Gasteiger partial charge in [0.1, 0.15) is 21.9 Å². The van der Waals surface area contributed by atoms with Gasteiger partial charge in [0.25, 0.3) is 5.56 Å². The standard InChI is InChI=1S/C24H29N3O5S/c1-24(2,3)32-23(29)26-9-7-18-19(13-26)33-21-20(18)22(28)27(14-25-21)8-6-15-10-16(30-4)12-17(11-15)31-5/h10-12,14H,6-9,13H2,1-5H3. The lowest BCUT2D eigenvalue weighted by Crippen LogP contribution is -2.39. The van der Waals surface area contributed by atoms with E-state index in [1.165, 1.54) is 11.3 Å². The van der Waals surface area contributed by atoms with Crippen molar-refractivity contribution in [3.05, 3.63) is 50.9 Å². The minimum atomic E-state index is -0.542. The number of aryl methyl sites for hydroxylation is 2. The topological polar surface area (TPSA) is 82.9 Å². The van der Waals surface area contributed by atoms with Crippen molar-refractivity contribution in [1.82, 2.24) is 14.5 Å². The molecule has 0 radical (unpaired) electrons. The smallest absolute Gasteiger partial charge is 0.410 e. The van der Waals surface area contributed by atoms with E-state index in [0.29, 0.717) is 49.4 Å². The molecule has 9 heteroatoms. The summed E-state index contributed by atoms with van der Waals surface area (Å²) in [6, 6.07) is 5.70. The summed E-state index contributed by atoms with van der Waals surface area (Å²) in [6.07, 6.45) is 2.53. The molecule has 1 aromatic carbocycles. The average molecular weight is 472 g/mol. The highest BCUT2D eigenvalue weighted by Gasteiger charge is 2.29. The van der Waals surface area contributed by atoms with E-state index in [1.807, 2.05) is 39.0 Å². The maximum Gasteiger partial charge on any atom is 0.410 e. The Balaban J connectivity index is 1.56. The minimum absolute atomic E-state index is 0.0434. The Morgan fingerprint density at radius 2 is 1.85 bits per heavy atom. The number of hydrogen-bond donors (Lipinski definition) is 0. The molecule has 3 heterocycles. The van der Waals surface area contributed by atoms with E-state index in [4.69, 9.17) is 14.2 Å². The number of benzene rings is 1. The van der Waals surface area contributed by atoms with Crippen LogP contribution in [0.1, 0.15) is 36.8 Å². The lowest BCUT2D eigenvalue weighted by Gasteiger charge is -2.29. The molecule has 33 heavy (non-hydrogen) atoms. The number of nitrogens with zero attached hydrogens (tertiary/aromatic N) is 3. The molecular weight excluding hydrogens is 442 g/mol. The van der Waals surface area contributed by atoms with Crippen LogP contribution in [-0.4, -0.2) is 46.9 Å². The van der Waals surface area contributed by atoms with E-state index in [9.17, 15) is 9.59 Å². The predicted molar refractivity (Wildman–Crippen MR) is 127 cm³/mol. The Kier molecular flexibility index (Phi) is 6.34. The number of ether oxygens (including phenoxy) is 3. The van der Waals surface area contributed by atoms with Crippen molar-refractivity contribution in [2.75, 3.05) is 20.8 Å². The van der Waals surface area contributed by atoms with Crippen LogP contribution in [0.25, 0.3) is 10.2 Å². The molecule has 1 aliphatic heterocycles. The summed E-state index contributed by atoms with van der Waals surface area (Å²) >= 11 is 1.48. The zero-order valence-corrected chi connectivity index (χ0v) is 20.5. The van der Waals surface area contributed by atoms with Crippen LogP contribution in [-0.2, 0) is 30.7 Å². The maximum atomic E-state index is 13.3. The number of fused-ring (bicyclic) bond motifs is 3. The van der Waals surface area contributed by atoms with Gasteiger partial charge in [0.15, 0.2) is 0 Å². The second-order valence-electron chi connectivity index (χ2n) is 9.05. The quantitative estimate of drug-likeness (QED) is 0.559. The van der Waals surface area contributed by atoms with Gasteiger partial charge < -0.3 is 19.1 Å². The van der Waals surface area contributed by atoms with Gasteiger partial charge in [0.05, 0.1) is 32.5 Å². The number of carbonyl (C=O) groups is 1. The lowest BCUT2D eigenvalue weighted by molar-refractivity contribution is 0.0227. The third-order valence-electron chi connectivity index (χ3n) is 5.53. The second kappa shape index (κ2) is 9.05. The summed E-state index contributed by atoms with van der Waals surface area (Å²) in [5.41, 5.74) is 1.43. The molecule has 0 fully saturated rings. The zero-order valence-electron chi connectivity index (χ0n) is 19.6. The molecule has 3 aromatic rings. The van der Waals surface area contributed by atoms with Crippen molar-refractivity contribution in [3.63, 3.8) is 0 Å². The van der Waals surface area contributed by atoms with Crippen molar-refractivity contribution >= 4 is 27.6 Å². The third-order valence-corrected chi connectivity index (χ3v) is 6.66. The molecular formula is C24H29N3O5S. The van der Waals surface area contributed by atoms with E-state index >= 15 is 0 Å². The van der Waals surface area contributed by atoms with Crippen molar-refractivity contribution < 1.29 is 19.0 Å². The van der Waals surface area contributed by atoms with Gasteiger partial charge in [-0.1, -0.05) is 0 Å². The van der Waals surface area contributed by atoms with Crippen LogP contribution in [0.5, 0.6) is 11.5 Å². The van der Waals surface area contributed by atoms with Crippen LogP contribution >= 0.6 is 11.3 Å². The number of hydrogen-bond acceptors (Lipinski definition) is 7. The van der Waals surface area contributed by atoms with Gasteiger partial charge in [-0.05, 0) is 56.9 Å². The molecule has 0 unspecified atom stereocenters. The number of methoxy groups -OCH3 is 2. The molecule has 8 nitrogen and oxygen atoms in total. The van der Waals surface area contributed by atoms with E-state index < -0.39 is 5.60 Å². The molecule has 176 valence electrons. The predicted octanol–water partition coefficient (Wildman–Crippen LogP) is 4.01. The Hall–Kier alpha value is -3.07. The van der Waals surface area contributed by atoms with Crippen molar-refractivity contribution in [1.29, 1.82) is 0 Å². The Labute approximate surface area is 196 Å². The maximum absolute atomic E-state index is 13.3. The van der Waals surface area contributed by atoms with Gasteiger partial charge in [-0.25, -0.2) is 9.78 Å². The first-order valence-electron chi connectivity index (χ1n) is 10.9. The van der Waals surface area contributed by atoms with Crippen molar-refractivity contribution in [3.8, 4) is 11.5 Å². The summed E-state index contributed by atoms with van der Waals surface area (Å²) in [4.78, 5) is 33.8. The Bertz CT molecular complexity index is 1220. The number of carbonyl (C=O) groups excluding carboxylic acids is 1. The molecule has 0 spiro atoms. The van der Waals surface area contributed by atoms with Gasteiger partial charge in [-0.3, -0.25) is 9.36 Å². The number of amides is 1. The van der Waals surface area contributed by atoms with E-state index in [-0.39, 0.29) is 11.7 Å². The normalized spacial score (nSPS) is 13.7. The first-order valence-corrected chi connectivity index (χ1v) is 11.7. The highest BCUT2D eigenvalue weighted by Crippen LogP contribution is 2.33.